The molecule has 1 heterocycles. The maximum Gasteiger partial charge on any atom is 0.268 e. The summed E-state index contributed by atoms with van der Waals surface area (Å²) in [7, 11) is 0. The van der Waals surface area contributed by atoms with Gasteiger partial charge >= 0.3 is 0 Å². The van der Waals surface area contributed by atoms with Crippen LogP contribution in [-0.2, 0) is 11.2 Å². The van der Waals surface area contributed by atoms with Gasteiger partial charge in [0, 0.05) is 0 Å². The molecule has 0 bridgehead atoms. The Kier molecular flexibility index (Phi) is 9.64. The predicted octanol–water partition coefficient (Wildman–Crippen LogP) is 5.57. The second-order valence-electron chi connectivity index (χ2n) is 7.20. The van der Waals surface area contributed by atoms with E-state index in [-0.39, 0.29) is 5.57 Å². The fourth-order valence-corrected chi connectivity index (χ4v) is 4.26. The topological polar surface area (TPSA) is 106 Å². The van der Waals surface area contributed by atoms with Crippen molar-refractivity contribution >= 4 is 44.4 Å². The highest BCUT2D eigenvalue weighted by molar-refractivity contribution is 9.10. The summed E-state index contributed by atoms with van der Waals surface area (Å²) in [6.07, 6.45) is 2.20. The lowest BCUT2D eigenvalue weighted by Gasteiger charge is -2.15. The molecule has 10 heteroatoms. The van der Waals surface area contributed by atoms with Crippen LogP contribution in [0, 0.1) is 18.3 Å². The van der Waals surface area contributed by atoms with Crippen molar-refractivity contribution in [2.75, 3.05) is 25.1 Å². The smallest absolute Gasteiger partial charge is 0.268 e. The van der Waals surface area contributed by atoms with Crippen molar-refractivity contribution in [1.29, 1.82) is 5.26 Å². The Balaban J connectivity index is 1.72. The first-order chi connectivity index (χ1) is 16.9. The second-order valence-corrected chi connectivity index (χ2v) is 9.12. The summed E-state index contributed by atoms with van der Waals surface area (Å²) in [6.45, 7) is 6.87. The molecule has 0 radical (unpaired) electrons. The number of carbonyl (C=O) groups is 1. The van der Waals surface area contributed by atoms with E-state index in [0.717, 1.165) is 22.7 Å². The van der Waals surface area contributed by atoms with Crippen LogP contribution in [-0.4, -0.2) is 35.9 Å². The molecule has 0 fully saturated rings. The third-order valence-electron chi connectivity index (χ3n) is 4.68. The normalized spacial score (nSPS) is 11.0. The number of nitrogens with zero attached hydrogens (tertiary/aromatic N) is 3. The fourth-order valence-electron chi connectivity index (χ4n) is 3.01. The molecule has 3 rings (SSSR count). The number of aromatic nitrogens is 2. The van der Waals surface area contributed by atoms with Gasteiger partial charge in [0.1, 0.15) is 35.6 Å². The third-order valence-corrected chi connectivity index (χ3v) is 6.25. The van der Waals surface area contributed by atoms with Crippen molar-refractivity contribution in [3.05, 3.63) is 62.6 Å². The standard InChI is InChI=1S/C25H25BrN4O4S/c1-4-22-29-30-25(35-22)28-24(31)18(15-27)12-17-13-19(26)23(21(14-17)32-5-2)34-11-10-33-20-9-7-6-8-16(20)3/h6-9,12-14H,4-5,10-11H2,1-3H3,(H,28,30,31). The van der Waals surface area contributed by atoms with Gasteiger partial charge in [-0.05, 0) is 71.6 Å². The monoisotopic (exact) mass is 556 g/mol. The molecule has 0 atom stereocenters. The highest BCUT2D eigenvalue weighted by Gasteiger charge is 2.16. The molecule has 182 valence electrons. The highest BCUT2D eigenvalue weighted by atomic mass is 79.9. The van der Waals surface area contributed by atoms with Crippen LogP contribution >= 0.6 is 27.3 Å². The van der Waals surface area contributed by atoms with Gasteiger partial charge in [0.05, 0.1) is 11.1 Å². The number of aryl methyl sites for hydroxylation is 2. The van der Waals surface area contributed by atoms with Crippen LogP contribution in [0.25, 0.3) is 6.08 Å². The minimum absolute atomic E-state index is 0.0760. The number of rotatable bonds is 11. The highest BCUT2D eigenvalue weighted by Crippen LogP contribution is 2.37. The summed E-state index contributed by atoms with van der Waals surface area (Å²) in [6, 6.07) is 13.2. The summed E-state index contributed by atoms with van der Waals surface area (Å²) < 4.78 is 18.1. The van der Waals surface area contributed by atoms with E-state index >= 15 is 0 Å². The van der Waals surface area contributed by atoms with Crippen LogP contribution in [0.3, 0.4) is 0 Å². The minimum atomic E-state index is -0.561. The first-order valence-electron chi connectivity index (χ1n) is 11.0. The second kappa shape index (κ2) is 12.9. The molecule has 1 aromatic heterocycles. The van der Waals surface area contributed by atoms with E-state index in [0.29, 0.717) is 46.5 Å². The fraction of sp³-hybridized carbons (Fsp3) is 0.280. The van der Waals surface area contributed by atoms with E-state index < -0.39 is 5.91 Å². The number of carbonyl (C=O) groups excluding carboxylic acids is 1. The Bertz CT molecular complexity index is 1250. The molecule has 0 spiro atoms. The largest absolute Gasteiger partial charge is 0.490 e. The van der Waals surface area contributed by atoms with E-state index in [9.17, 15) is 10.1 Å². The molecular formula is C25H25BrN4O4S. The van der Waals surface area contributed by atoms with Gasteiger partial charge in [-0.15, -0.1) is 10.2 Å². The van der Waals surface area contributed by atoms with Crippen LogP contribution in [0.5, 0.6) is 17.2 Å². The van der Waals surface area contributed by atoms with Crippen LogP contribution < -0.4 is 19.5 Å². The number of nitrogens with one attached hydrogen (secondary N) is 1. The molecule has 2 aromatic carbocycles. The van der Waals surface area contributed by atoms with Crippen molar-refractivity contribution in [2.45, 2.75) is 27.2 Å². The van der Waals surface area contributed by atoms with Gasteiger partial charge in [-0.1, -0.05) is 36.5 Å². The maximum absolute atomic E-state index is 12.6. The first kappa shape index (κ1) is 26.2. The number of hydrogen-bond donors (Lipinski definition) is 1. The lowest BCUT2D eigenvalue weighted by Crippen LogP contribution is -2.13. The molecule has 0 aliphatic heterocycles. The SMILES string of the molecule is CCOc1cc(C=C(C#N)C(=O)Nc2nnc(CC)s2)cc(Br)c1OCCOc1ccccc1C. The molecule has 0 unspecified atom stereocenters. The summed E-state index contributed by atoms with van der Waals surface area (Å²) in [4.78, 5) is 12.6. The average Bonchev–Trinajstić information content (AvgIpc) is 3.30. The van der Waals surface area contributed by atoms with Gasteiger partial charge in [0.2, 0.25) is 5.13 Å². The molecule has 35 heavy (non-hydrogen) atoms. The molecular weight excluding hydrogens is 532 g/mol. The molecule has 3 aromatic rings. The van der Waals surface area contributed by atoms with Gasteiger partial charge in [0.15, 0.2) is 11.5 Å². The third kappa shape index (κ3) is 7.28. The number of halogens is 1. The van der Waals surface area contributed by atoms with Crippen molar-refractivity contribution in [3.8, 4) is 23.3 Å². The van der Waals surface area contributed by atoms with Gasteiger partial charge < -0.3 is 14.2 Å². The molecule has 0 saturated heterocycles. The van der Waals surface area contributed by atoms with Crippen molar-refractivity contribution in [3.63, 3.8) is 0 Å². The van der Waals surface area contributed by atoms with E-state index in [1.54, 1.807) is 12.1 Å². The number of benzene rings is 2. The van der Waals surface area contributed by atoms with Crippen molar-refractivity contribution in [1.82, 2.24) is 10.2 Å². The molecule has 1 N–H and O–H groups in total. The number of ether oxygens (including phenoxy) is 3. The Morgan fingerprint density at radius 1 is 1.14 bits per heavy atom. The van der Waals surface area contributed by atoms with E-state index in [1.165, 1.54) is 17.4 Å². The van der Waals surface area contributed by atoms with Gasteiger partial charge in [0.25, 0.3) is 5.91 Å². The van der Waals surface area contributed by atoms with E-state index in [4.69, 9.17) is 14.2 Å². The average molecular weight is 557 g/mol. The van der Waals surface area contributed by atoms with Crippen LogP contribution in [0.1, 0.15) is 30.0 Å². The molecule has 1 amide bonds. The quantitative estimate of drug-likeness (QED) is 0.187. The Labute approximate surface area is 216 Å². The number of hydrogen-bond acceptors (Lipinski definition) is 8. The summed E-state index contributed by atoms with van der Waals surface area (Å²) >= 11 is 4.79. The maximum atomic E-state index is 12.6. The number of para-hydroxylation sites is 1. The van der Waals surface area contributed by atoms with Gasteiger partial charge in [-0.3, -0.25) is 10.1 Å². The van der Waals surface area contributed by atoms with E-state index in [2.05, 4.69) is 31.4 Å². The zero-order valence-corrected chi connectivity index (χ0v) is 22.0. The van der Waals surface area contributed by atoms with Crippen molar-refractivity contribution in [2.24, 2.45) is 0 Å². The lowest BCUT2D eigenvalue weighted by molar-refractivity contribution is -0.112. The number of anilines is 1. The van der Waals surface area contributed by atoms with E-state index in [1.807, 2.05) is 51.1 Å². The first-order valence-corrected chi connectivity index (χ1v) is 12.6. The van der Waals surface area contributed by atoms with Crippen LogP contribution in [0.15, 0.2) is 46.4 Å². The van der Waals surface area contributed by atoms with Gasteiger partial charge in [-0.25, -0.2) is 0 Å². The summed E-state index contributed by atoms with van der Waals surface area (Å²) in [5, 5.41) is 21.2. The Hall–Kier alpha value is -3.42. The molecule has 0 aliphatic rings. The Morgan fingerprint density at radius 2 is 1.91 bits per heavy atom. The molecule has 0 aliphatic carbocycles. The van der Waals surface area contributed by atoms with Crippen molar-refractivity contribution < 1.29 is 19.0 Å². The molecule has 8 nitrogen and oxygen atoms in total. The Morgan fingerprint density at radius 3 is 2.60 bits per heavy atom. The van der Waals surface area contributed by atoms with Crippen LogP contribution in [0.2, 0.25) is 0 Å². The zero-order valence-electron chi connectivity index (χ0n) is 19.6. The minimum Gasteiger partial charge on any atom is -0.490 e. The summed E-state index contributed by atoms with van der Waals surface area (Å²) in [5.74, 6) is 1.25. The number of nitriles is 1. The van der Waals surface area contributed by atoms with Gasteiger partial charge in [-0.2, -0.15) is 5.26 Å². The number of amides is 1. The summed E-state index contributed by atoms with van der Waals surface area (Å²) in [5.41, 5.74) is 1.57. The zero-order chi connectivity index (χ0) is 25.2. The predicted molar refractivity (Wildman–Crippen MR) is 139 cm³/mol. The lowest BCUT2D eigenvalue weighted by atomic mass is 10.1. The molecule has 0 saturated carbocycles. The van der Waals surface area contributed by atoms with Crippen LogP contribution in [0.4, 0.5) is 5.13 Å².